The number of nitrogens with one attached hydrogen (secondary N) is 1. The summed E-state index contributed by atoms with van der Waals surface area (Å²) in [6.45, 7) is 9.33. The minimum atomic E-state index is -0.540. The summed E-state index contributed by atoms with van der Waals surface area (Å²) in [5, 5.41) is 13.7. The fraction of sp³-hybridized carbons (Fsp3) is 1.00. The van der Waals surface area contributed by atoms with Crippen molar-refractivity contribution in [3.63, 3.8) is 0 Å². The average Bonchev–Trinajstić information content (AvgIpc) is 2.96. The van der Waals surface area contributed by atoms with E-state index < -0.39 is 5.60 Å². The second-order valence-corrected chi connectivity index (χ2v) is 6.39. The van der Waals surface area contributed by atoms with Crippen LogP contribution in [0.2, 0.25) is 0 Å². The zero-order chi connectivity index (χ0) is 12.2. The van der Waals surface area contributed by atoms with Crippen LogP contribution >= 0.6 is 0 Å². The van der Waals surface area contributed by atoms with E-state index in [0.717, 1.165) is 25.3 Å². The Bertz CT molecular complexity index is 197. The Morgan fingerprint density at radius 3 is 2.44 bits per heavy atom. The fourth-order valence-corrected chi connectivity index (χ4v) is 2.02. The van der Waals surface area contributed by atoms with Crippen molar-refractivity contribution in [3.05, 3.63) is 0 Å². The third kappa shape index (κ3) is 6.49. The summed E-state index contributed by atoms with van der Waals surface area (Å²) in [4.78, 5) is 0. The molecule has 0 aromatic rings. The van der Waals surface area contributed by atoms with Gasteiger partial charge in [-0.15, -0.1) is 0 Å². The number of rotatable bonds is 8. The standard InChI is InChI=1S/C14H29NO/c1-11(2)7-8-14(4,16)10-15-12(3)9-13-5-6-13/h11-13,15-16H,5-10H2,1-4H3. The van der Waals surface area contributed by atoms with Gasteiger partial charge < -0.3 is 10.4 Å². The Kier molecular flexibility index (Phi) is 5.26. The van der Waals surface area contributed by atoms with Gasteiger partial charge >= 0.3 is 0 Å². The molecule has 96 valence electrons. The maximum absolute atomic E-state index is 10.2. The fourth-order valence-electron chi connectivity index (χ4n) is 2.02. The highest BCUT2D eigenvalue weighted by atomic mass is 16.3. The molecular formula is C14H29NO. The highest BCUT2D eigenvalue weighted by molar-refractivity contribution is 4.81. The van der Waals surface area contributed by atoms with E-state index in [2.05, 4.69) is 26.1 Å². The molecule has 2 heteroatoms. The van der Waals surface area contributed by atoms with Crippen molar-refractivity contribution >= 4 is 0 Å². The van der Waals surface area contributed by atoms with Crippen LogP contribution < -0.4 is 5.32 Å². The molecule has 0 aliphatic heterocycles. The van der Waals surface area contributed by atoms with E-state index in [-0.39, 0.29) is 0 Å². The van der Waals surface area contributed by atoms with Crippen LogP contribution in [-0.4, -0.2) is 23.3 Å². The van der Waals surface area contributed by atoms with E-state index in [1.807, 2.05) is 6.92 Å². The van der Waals surface area contributed by atoms with Gasteiger partial charge in [0.05, 0.1) is 5.60 Å². The smallest absolute Gasteiger partial charge is 0.0743 e. The first-order valence-electron chi connectivity index (χ1n) is 6.85. The van der Waals surface area contributed by atoms with E-state index in [0.29, 0.717) is 12.0 Å². The minimum Gasteiger partial charge on any atom is -0.389 e. The molecule has 1 aliphatic carbocycles. The van der Waals surface area contributed by atoms with E-state index in [4.69, 9.17) is 0 Å². The molecule has 1 fully saturated rings. The van der Waals surface area contributed by atoms with Gasteiger partial charge in [0.2, 0.25) is 0 Å². The SMILES string of the molecule is CC(C)CCC(C)(O)CNC(C)CC1CC1. The summed E-state index contributed by atoms with van der Waals surface area (Å²) < 4.78 is 0. The van der Waals surface area contributed by atoms with Crippen molar-refractivity contribution in [2.24, 2.45) is 11.8 Å². The van der Waals surface area contributed by atoms with E-state index >= 15 is 0 Å². The molecule has 2 N–H and O–H groups in total. The van der Waals surface area contributed by atoms with Crippen LogP contribution in [-0.2, 0) is 0 Å². The molecule has 0 spiro atoms. The quantitative estimate of drug-likeness (QED) is 0.668. The van der Waals surface area contributed by atoms with Crippen molar-refractivity contribution in [1.29, 1.82) is 0 Å². The topological polar surface area (TPSA) is 32.3 Å². The average molecular weight is 227 g/mol. The maximum Gasteiger partial charge on any atom is 0.0743 e. The molecule has 0 radical (unpaired) electrons. The Labute approximate surface area is 101 Å². The van der Waals surface area contributed by atoms with Crippen molar-refractivity contribution in [3.8, 4) is 0 Å². The summed E-state index contributed by atoms with van der Waals surface area (Å²) in [7, 11) is 0. The van der Waals surface area contributed by atoms with Crippen LogP contribution in [0.25, 0.3) is 0 Å². The Balaban J connectivity index is 2.12. The predicted molar refractivity (Wildman–Crippen MR) is 69.5 cm³/mol. The molecule has 1 saturated carbocycles. The van der Waals surface area contributed by atoms with Crippen molar-refractivity contribution in [2.45, 2.75) is 71.4 Å². The number of hydrogen-bond donors (Lipinski definition) is 2. The Morgan fingerprint density at radius 1 is 1.31 bits per heavy atom. The lowest BCUT2D eigenvalue weighted by molar-refractivity contribution is 0.0426. The zero-order valence-corrected chi connectivity index (χ0v) is 11.4. The predicted octanol–water partition coefficient (Wildman–Crippen LogP) is 2.95. The molecule has 0 heterocycles. The second-order valence-electron chi connectivity index (χ2n) is 6.39. The van der Waals surface area contributed by atoms with Gasteiger partial charge in [-0.25, -0.2) is 0 Å². The summed E-state index contributed by atoms with van der Waals surface area (Å²) in [5.74, 6) is 1.64. The normalized spacial score (nSPS) is 22.1. The van der Waals surface area contributed by atoms with Gasteiger partial charge in [0.1, 0.15) is 0 Å². The molecule has 1 rings (SSSR count). The van der Waals surface area contributed by atoms with Crippen molar-refractivity contribution in [2.75, 3.05) is 6.54 Å². The molecule has 1 aliphatic rings. The van der Waals surface area contributed by atoms with Gasteiger partial charge in [0, 0.05) is 12.6 Å². The molecule has 2 nitrogen and oxygen atoms in total. The molecule has 0 aromatic carbocycles. The molecule has 2 atom stereocenters. The maximum atomic E-state index is 10.2. The van der Waals surface area contributed by atoms with Gasteiger partial charge in [-0.3, -0.25) is 0 Å². The third-order valence-electron chi connectivity index (χ3n) is 3.48. The highest BCUT2D eigenvalue weighted by Crippen LogP contribution is 2.33. The van der Waals surface area contributed by atoms with Crippen LogP contribution in [0.5, 0.6) is 0 Å². The van der Waals surface area contributed by atoms with Gasteiger partial charge in [-0.2, -0.15) is 0 Å². The van der Waals surface area contributed by atoms with Crippen molar-refractivity contribution < 1.29 is 5.11 Å². The molecule has 16 heavy (non-hydrogen) atoms. The molecule has 0 bridgehead atoms. The van der Waals surface area contributed by atoms with Crippen LogP contribution in [0, 0.1) is 11.8 Å². The second kappa shape index (κ2) is 6.02. The molecular weight excluding hydrogens is 198 g/mol. The lowest BCUT2D eigenvalue weighted by Gasteiger charge is -2.26. The highest BCUT2D eigenvalue weighted by Gasteiger charge is 2.25. The van der Waals surface area contributed by atoms with Gasteiger partial charge in [-0.05, 0) is 44.9 Å². The third-order valence-corrected chi connectivity index (χ3v) is 3.48. The minimum absolute atomic E-state index is 0.540. The molecule has 0 saturated heterocycles. The molecule has 0 amide bonds. The first kappa shape index (κ1) is 14.0. The monoisotopic (exact) mass is 227 g/mol. The first-order valence-corrected chi connectivity index (χ1v) is 6.85. The summed E-state index contributed by atoms with van der Waals surface area (Å²) in [6.07, 6.45) is 6.10. The molecule has 0 aromatic heterocycles. The number of aliphatic hydroxyl groups is 1. The van der Waals surface area contributed by atoms with E-state index in [1.54, 1.807) is 0 Å². The van der Waals surface area contributed by atoms with Gasteiger partial charge in [0.25, 0.3) is 0 Å². The Hall–Kier alpha value is -0.0800. The van der Waals surface area contributed by atoms with E-state index in [1.165, 1.54) is 19.3 Å². The lowest BCUT2D eigenvalue weighted by atomic mass is 9.95. The van der Waals surface area contributed by atoms with Crippen molar-refractivity contribution in [1.82, 2.24) is 5.32 Å². The molecule has 2 unspecified atom stereocenters. The summed E-state index contributed by atoms with van der Waals surface area (Å²) in [6, 6.07) is 0.554. The van der Waals surface area contributed by atoms with Crippen LogP contribution in [0.4, 0.5) is 0 Å². The van der Waals surface area contributed by atoms with Gasteiger partial charge in [-0.1, -0.05) is 26.7 Å². The largest absolute Gasteiger partial charge is 0.389 e. The van der Waals surface area contributed by atoms with Gasteiger partial charge in [0.15, 0.2) is 0 Å². The lowest BCUT2D eigenvalue weighted by Crippen LogP contribution is -2.41. The van der Waals surface area contributed by atoms with E-state index in [9.17, 15) is 5.11 Å². The van der Waals surface area contributed by atoms with Crippen LogP contribution in [0.15, 0.2) is 0 Å². The van der Waals surface area contributed by atoms with Crippen LogP contribution in [0.1, 0.15) is 59.8 Å². The number of hydrogen-bond acceptors (Lipinski definition) is 2. The summed E-state index contributed by atoms with van der Waals surface area (Å²) >= 11 is 0. The van der Waals surface area contributed by atoms with Crippen LogP contribution in [0.3, 0.4) is 0 Å². The zero-order valence-electron chi connectivity index (χ0n) is 11.4. The first-order chi connectivity index (χ1) is 7.39. The summed E-state index contributed by atoms with van der Waals surface area (Å²) in [5.41, 5.74) is -0.540. The Morgan fingerprint density at radius 2 is 1.94 bits per heavy atom.